The zero-order valence-corrected chi connectivity index (χ0v) is 15.8. The van der Waals surface area contributed by atoms with Crippen molar-refractivity contribution in [3.05, 3.63) is 54.1 Å². The van der Waals surface area contributed by atoms with E-state index >= 15 is 0 Å². The van der Waals surface area contributed by atoms with Crippen molar-refractivity contribution >= 4 is 10.0 Å². The topological polar surface area (TPSA) is 79.6 Å². The van der Waals surface area contributed by atoms with Gasteiger partial charge in [0.25, 0.3) is 0 Å². The van der Waals surface area contributed by atoms with E-state index in [2.05, 4.69) is 6.07 Å². The van der Waals surface area contributed by atoms with E-state index in [4.69, 9.17) is 14.7 Å². The van der Waals surface area contributed by atoms with Gasteiger partial charge in [0.2, 0.25) is 10.0 Å². The summed E-state index contributed by atoms with van der Waals surface area (Å²) in [7, 11) is -3.42. The predicted molar refractivity (Wildman–Crippen MR) is 101 cm³/mol. The molecule has 6 nitrogen and oxygen atoms in total. The molecule has 2 aromatic carbocycles. The molecule has 0 amide bonds. The van der Waals surface area contributed by atoms with Crippen molar-refractivity contribution in [1.29, 1.82) is 5.26 Å². The van der Waals surface area contributed by atoms with Crippen LogP contribution in [0.15, 0.2) is 53.4 Å². The molecular weight excluding hydrogens is 364 g/mol. The van der Waals surface area contributed by atoms with Gasteiger partial charge < -0.3 is 9.47 Å². The Morgan fingerprint density at radius 3 is 2.26 bits per heavy atom. The van der Waals surface area contributed by atoms with E-state index in [0.717, 1.165) is 19.3 Å². The molecule has 0 N–H and O–H groups in total. The molecule has 3 rings (SSSR count). The van der Waals surface area contributed by atoms with Crippen LogP contribution < -0.4 is 9.47 Å². The van der Waals surface area contributed by atoms with E-state index in [-0.39, 0.29) is 0 Å². The summed E-state index contributed by atoms with van der Waals surface area (Å²) < 4.78 is 37.9. The Balaban J connectivity index is 1.51. The second-order valence-corrected chi connectivity index (χ2v) is 8.21. The van der Waals surface area contributed by atoms with Gasteiger partial charge in [-0.1, -0.05) is 12.5 Å². The number of benzene rings is 2. The van der Waals surface area contributed by atoms with Gasteiger partial charge in [0.05, 0.1) is 16.5 Å². The fraction of sp³-hybridized carbons (Fsp3) is 0.350. The highest BCUT2D eigenvalue weighted by atomic mass is 32.2. The van der Waals surface area contributed by atoms with E-state index in [1.54, 1.807) is 52.8 Å². The van der Waals surface area contributed by atoms with Crippen LogP contribution in [0.5, 0.6) is 11.5 Å². The van der Waals surface area contributed by atoms with Crippen LogP contribution in [0, 0.1) is 11.3 Å². The largest absolute Gasteiger partial charge is 0.490 e. The van der Waals surface area contributed by atoms with Crippen molar-refractivity contribution in [1.82, 2.24) is 4.31 Å². The molecule has 1 aliphatic heterocycles. The highest BCUT2D eigenvalue weighted by molar-refractivity contribution is 7.89. The van der Waals surface area contributed by atoms with E-state index in [1.165, 1.54) is 0 Å². The first kappa shape index (κ1) is 19.2. The van der Waals surface area contributed by atoms with Gasteiger partial charge in [-0.2, -0.15) is 9.57 Å². The highest BCUT2D eigenvalue weighted by Crippen LogP contribution is 2.22. The minimum atomic E-state index is -3.42. The number of nitrogens with zero attached hydrogens (tertiary/aromatic N) is 2. The first-order valence-corrected chi connectivity index (χ1v) is 10.4. The highest BCUT2D eigenvalue weighted by Gasteiger charge is 2.25. The van der Waals surface area contributed by atoms with Crippen LogP contribution >= 0.6 is 0 Å². The molecule has 142 valence electrons. The van der Waals surface area contributed by atoms with E-state index < -0.39 is 10.0 Å². The molecule has 0 spiro atoms. The molecule has 0 saturated carbocycles. The zero-order valence-electron chi connectivity index (χ0n) is 15.0. The molecule has 2 aromatic rings. The molecule has 1 saturated heterocycles. The van der Waals surface area contributed by atoms with Crippen molar-refractivity contribution < 1.29 is 17.9 Å². The number of sulfonamides is 1. The number of nitriles is 1. The molecular formula is C20H22N2O4S. The van der Waals surface area contributed by atoms with Gasteiger partial charge in [-0.15, -0.1) is 0 Å². The lowest BCUT2D eigenvalue weighted by Crippen LogP contribution is -2.35. The van der Waals surface area contributed by atoms with E-state index in [0.29, 0.717) is 48.3 Å². The third-order valence-corrected chi connectivity index (χ3v) is 6.27. The van der Waals surface area contributed by atoms with Crippen LogP contribution in [-0.2, 0) is 10.0 Å². The van der Waals surface area contributed by atoms with Gasteiger partial charge in [0.15, 0.2) is 0 Å². The minimum absolute atomic E-state index is 0.293. The number of hydrogen-bond acceptors (Lipinski definition) is 5. The Kier molecular flexibility index (Phi) is 6.32. The van der Waals surface area contributed by atoms with Crippen molar-refractivity contribution in [3.8, 4) is 17.6 Å². The number of rotatable bonds is 7. The SMILES string of the molecule is N#Cc1cccc(OCCOc2ccc(S(=O)(=O)N3CCCCC3)cc2)c1. The summed E-state index contributed by atoms with van der Waals surface area (Å²) in [5.41, 5.74) is 0.541. The smallest absolute Gasteiger partial charge is 0.243 e. The lowest BCUT2D eigenvalue weighted by molar-refractivity contribution is 0.217. The Labute approximate surface area is 160 Å². The van der Waals surface area contributed by atoms with Crippen molar-refractivity contribution in [2.45, 2.75) is 24.2 Å². The van der Waals surface area contributed by atoms with Gasteiger partial charge >= 0.3 is 0 Å². The first-order chi connectivity index (χ1) is 13.1. The lowest BCUT2D eigenvalue weighted by Gasteiger charge is -2.25. The molecule has 1 heterocycles. The summed E-state index contributed by atoms with van der Waals surface area (Å²) in [5.74, 6) is 1.20. The molecule has 0 radical (unpaired) electrons. The summed E-state index contributed by atoms with van der Waals surface area (Å²) in [6.45, 7) is 1.81. The number of ether oxygens (including phenoxy) is 2. The van der Waals surface area contributed by atoms with Crippen LogP contribution in [0.25, 0.3) is 0 Å². The predicted octanol–water partition coefficient (Wildman–Crippen LogP) is 3.19. The summed E-state index contributed by atoms with van der Waals surface area (Å²) >= 11 is 0. The Morgan fingerprint density at radius 1 is 0.926 bits per heavy atom. The lowest BCUT2D eigenvalue weighted by atomic mass is 10.2. The van der Waals surface area contributed by atoms with Crippen LogP contribution in [0.1, 0.15) is 24.8 Å². The van der Waals surface area contributed by atoms with Crippen LogP contribution in [0.2, 0.25) is 0 Å². The standard InChI is InChI=1S/C20H22N2O4S/c21-16-17-5-4-6-19(15-17)26-14-13-25-18-7-9-20(10-8-18)27(23,24)22-11-2-1-3-12-22/h4-10,15H,1-3,11-14H2. The molecule has 27 heavy (non-hydrogen) atoms. The maximum Gasteiger partial charge on any atom is 0.243 e. The molecule has 1 fully saturated rings. The first-order valence-electron chi connectivity index (χ1n) is 8.95. The van der Waals surface area contributed by atoms with Crippen molar-refractivity contribution in [3.63, 3.8) is 0 Å². The minimum Gasteiger partial charge on any atom is -0.490 e. The fourth-order valence-corrected chi connectivity index (χ4v) is 4.45. The maximum atomic E-state index is 12.6. The van der Waals surface area contributed by atoms with Gasteiger partial charge in [-0.25, -0.2) is 8.42 Å². The van der Waals surface area contributed by atoms with Crippen molar-refractivity contribution in [2.24, 2.45) is 0 Å². The average molecular weight is 386 g/mol. The zero-order chi connectivity index (χ0) is 19.1. The normalized spacial score (nSPS) is 15.1. The molecule has 7 heteroatoms. The summed E-state index contributed by atoms with van der Waals surface area (Å²) in [5, 5.41) is 8.87. The van der Waals surface area contributed by atoms with Gasteiger partial charge in [0, 0.05) is 13.1 Å². The third kappa shape index (κ3) is 5.00. The molecule has 0 aliphatic carbocycles. The van der Waals surface area contributed by atoms with Crippen LogP contribution in [-0.4, -0.2) is 39.0 Å². The molecule has 0 bridgehead atoms. The van der Waals surface area contributed by atoms with Crippen LogP contribution in [0.4, 0.5) is 0 Å². The second kappa shape index (κ2) is 8.89. The van der Waals surface area contributed by atoms with Crippen LogP contribution in [0.3, 0.4) is 0 Å². The summed E-state index contributed by atoms with van der Waals surface area (Å²) in [6, 6.07) is 15.5. The van der Waals surface area contributed by atoms with Crippen molar-refractivity contribution in [2.75, 3.05) is 26.3 Å². The monoisotopic (exact) mass is 386 g/mol. The molecule has 0 unspecified atom stereocenters. The maximum absolute atomic E-state index is 12.6. The number of hydrogen-bond donors (Lipinski definition) is 0. The quantitative estimate of drug-likeness (QED) is 0.683. The van der Waals surface area contributed by atoms with E-state index in [1.807, 2.05) is 0 Å². The Morgan fingerprint density at radius 2 is 1.59 bits per heavy atom. The third-order valence-electron chi connectivity index (χ3n) is 4.36. The van der Waals surface area contributed by atoms with Gasteiger partial charge in [0.1, 0.15) is 24.7 Å². The molecule has 0 atom stereocenters. The van der Waals surface area contributed by atoms with E-state index in [9.17, 15) is 8.42 Å². The average Bonchev–Trinajstić information content (AvgIpc) is 2.72. The Bertz CT molecular complexity index is 898. The summed E-state index contributed by atoms with van der Waals surface area (Å²) in [4.78, 5) is 0.293. The second-order valence-electron chi connectivity index (χ2n) is 6.27. The molecule has 1 aliphatic rings. The van der Waals surface area contributed by atoms with Gasteiger partial charge in [-0.05, 0) is 55.3 Å². The number of piperidine rings is 1. The van der Waals surface area contributed by atoms with Gasteiger partial charge in [-0.3, -0.25) is 0 Å². The summed E-state index contributed by atoms with van der Waals surface area (Å²) in [6.07, 6.45) is 2.91. The Hall–Kier alpha value is -2.56. The fourth-order valence-electron chi connectivity index (χ4n) is 2.94. The molecule has 0 aromatic heterocycles.